The van der Waals surface area contributed by atoms with Crippen molar-refractivity contribution in [1.82, 2.24) is 9.88 Å². The Bertz CT molecular complexity index is 1380. The van der Waals surface area contributed by atoms with Crippen LogP contribution < -0.4 is 10.1 Å². The second-order valence-electron chi connectivity index (χ2n) is 8.48. The fourth-order valence-corrected chi connectivity index (χ4v) is 4.95. The summed E-state index contributed by atoms with van der Waals surface area (Å²) in [6.07, 6.45) is 1.90. The van der Waals surface area contributed by atoms with Gasteiger partial charge in [-0.25, -0.2) is 0 Å². The topological polar surface area (TPSA) is 83.7 Å². The summed E-state index contributed by atoms with van der Waals surface area (Å²) in [5.41, 5.74) is 3.65. The van der Waals surface area contributed by atoms with Crippen LogP contribution in [0.15, 0.2) is 79.0 Å². The Hall–Kier alpha value is -4.10. The highest BCUT2D eigenvalue weighted by Gasteiger charge is 2.45. The third-order valence-electron chi connectivity index (χ3n) is 6.56. The van der Waals surface area contributed by atoms with E-state index in [-0.39, 0.29) is 11.8 Å². The van der Waals surface area contributed by atoms with Gasteiger partial charge in [-0.1, -0.05) is 48.5 Å². The first-order valence-electron chi connectivity index (χ1n) is 11.5. The minimum atomic E-state index is -0.648. The van der Waals surface area contributed by atoms with Crippen LogP contribution in [0.2, 0.25) is 0 Å². The molecule has 0 saturated heterocycles. The van der Waals surface area contributed by atoms with Crippen LogP contribution in [0, 0.1) is 0 Å². The van der Waals surface area contributed by atoms with E-state index in [1.807, 2.05) is 60.8 Å². The second-order valence-corrected chi connectivity index (χ2v) is 8.48. The maximum atomic E-state index is 14.0. The zero-order chi connectivity index (χ0) is 24.4. The Morgan fingerprint density at radius 3 is 2.54 bits per heavy atom. The van der Waals surface area contributed by atoms with Crippen molar-refractivity contribution in [3.63, 3.8) is 0 Å². The standard InChI is InChI=1S/C28H27N3O4/c1-34-16-15-31-26(21-17-29-22-12-6-5-9-18(21)22)25(19-10-3-4-11-20(19)28(31)33)27(32)30-23-13-7-8-14-24(23)35-2/h3-14,17,25-26,29H,15-16H2,1-2H3,(H,30,32). The highest BCUT2D eigenvalue weighted by molar-refractivity contribution is 6.05. The molecule has 2 unspecified atom stereocenters. The molecule has 0 saturated carbocycles. The minimum Gasteiger partial charge on any atom is -0.495 e. The van der Waals surface area contributed by atoms with Crippen LogP contribution in [0.1, 0.15) is 33.4 Å². The Morgan fingerprint density at radius 1 is 0.971 bits per heavy atom. The van der Waals surface area contributed by atoms with Gasteiger partial charge in [0.1, 0.15) is 5.75 Å². The van der Waals surface area contributed by atoms with Gasteiger partial charge in [-0.05, 0) is 29.8 Å². The van der Waals surface area contributed by atoms with Gasteiger partial charge in [0.25, 0.3) is 5.91 Å². The molecule has 1 aromatic heterocycles. The third kappa shape index (κ3) is 4.04. The number of para-hydroxylation sites is 3. The Morgan fingerprint density at radius 2 is 1.71 bits per heavy atom. The molecule has 3 aromatic carbocycles. The zero-order valence-corrected chi connectivity index (χ0v) is 19.7. The summed E-state index contributed by atoms with van der Waals surface area (Å²) < 4.78 is 10.8. The van der Waals surface area contributed by atoms with Crippen LogP contribution in [-0.4, -0.2) is 49.1 Å². The number of fused-ring (bicyclic) bond motifs is 2. The molecule has 178 valence electrons. The van der Waals surface area contributed by atoms with Gasteiger partial charge in [-0.15, -0.1) is 0 Å². The van der Waals surface area contributed by atoms with E-state index in [1.165, 1.54) is 0 Å². The number of hydrogen-bond acceptors (Lipinski definition) is 4. The zero-order valence-electron chi connectivity index (χ0n) is 19.7. The lowest BCUT2D eigenvalue weighted by Crippen LogP contribution is -2.47. The monoisotopic (exact) mass is 469 g/mol. The van der Waals surface area contributed by atoms with Crippen molar-refractivity contribution in [2.45, 2.75) is 12.0 Å². The van der Waals surface area contributed by atoms with Gasteiger partial charge in [0, 0.05) is 41.9 Å². The highest BCUT2D eigenvalue weighted by Crippen LogP contribution is 2.45. The number of hydrogen-bond donors (Lipinski definition) is 2. The van der Waals surface area contributed by atoms with Gasteiger partial charge < -0.3 is 24.7 Å². The van der Waals surface area contributed by atoms with Crippen LogP contribution in [0.25, 0.3) is 10.9 Å². The molecule has 1 aliphatic heterocycles. The number of aromatic nitrogens is 1. The second kappa shape index (κ2) is 9.64. The lowest BCUT2D eigenvalue weighted by atomic mass is 9.79. The fraction of sp³-hybridized carbons (Fsp3) is 0.214. The molecular weight excluding hydrogens is 442 g/mol. The first-order chi connectivity index (χ1) is 17.1. The number of H-pyrrole nitrogens is 1. The number of benzene rings is 3. The number of methoxy groups -OCH3 is 2. The quantitative estimate of drug-likeness (QED) is 0.409. The summed E-state index contributed by atoms with van der Waals surface area (Å²) in [5, 5.41) is 4.03. The molecule has 35 heavy (non-hydrogen) atoms. The molecule has 5 rings (SSSR count). The van der Waals surface area contributed by atoms with Crippen molar-refractivity contribution in [2.75, 3.05) is 32.7 Å². The molecule has 2 N–H and O–H groups in total. The number of carbonyl (C=O) groups excluding carboxylic acids is 2. The largest absolute Gasteiger partial charge is 0.495 e. The SMILES string of the molecule is COCCN1C(=O)c2ccccc2C(C(=O)Nc2ccccc2OC)C1c1c[nH]c2ccccc12. The maximum Gasteiger partial charge on any atom is 0.254 e. The molecule has 2 heterocycles. The smallest absolute Gasteiger partial charge is 0.254 e. The predicted octanol–water partition coefficient (Wildman–Crippen LogP) is 4.74. The summed E-state index contributed by atoms with van der Waals surface area (Å²) >= 11 is 0. The van der Waals surface area contributed by atoms with E-state index in [9.17, 15) is 9.59 Å². The van der Waals surface area contributed by atoms with Crippen LogP contribution in [0.5, 0.6) is 5.75 Å². The van der Waals surface area contributed by atoms with Crippen LogP contribution in [-0.2, 0) is 9.53 Å². The van der Waals surface area contributed by atoms with E-state index in [2.05, 4.69) is 10.3 Å². The molecule has 0 aliphatic carbocycles. The molecule has 0 bridgehead atoms. The molecule has 7 nitrogen and oxygen atoms in total. The number of nitrogens with zero attached hydrogens (tertiary/aromatic N) is 1. The van der Waals surface area contributed by atoms with Crippen molar-refractivity contribution < 1.29 is 19.1 Å². The number of rotatable bonds is 7. The molecule has 2 atom stereocenters. The molecular formula is C28H27N3O4. The van der Waals surface area contributed by atoms with Crippen molar-refractivity contribution in [1.29, 1.82) is 0 Å². The first kappa shape index (κ1) is 22.7. The predicted molar refractivity (Wildman–Crippen MR) is 135 cm³/mol. The summed E-state index contributed by atoms with van der Waals surface area (Å²) in [4.78, 5) is 32.8. The number of aromatic amines is 1. The van der Waals surface area contributed by atoms with Crippen LogP contribution >= 0.6 is 0 Å². The normalized spacial score (nSPS) is 17.3. The van der Waals surface area contributed by atoms with E-state index in [0.29, 0.717) is 35.7 Å². The highest BCUT2D eigenvalue weighted by atomic mass is 16.5. The fourth-order valence-electron chi connectivity index (χ4n) is 4.95. The lowest BCUT2D eigenvalue weighted by molar-refractivity contribution is -0.119. The van der Waals surface area contributed by atoms with Gasteiger partial charge >= 0.3 is 0 Å². The van der Waals surface area contributed by atoms with Gasteiger partial charge in [0.05, 0.1) is 31.4 Å². The number of anilines is 1. The first-order valence-corrected chi connectivity index (χ1v) is 11.5. The third-order valence-corrected chi connectivity index (χ3v) is 6.56. The van der Waals surface area contributed by atoms with Crippen molar-refractivity contribution in [3.8, 4) is 5.75 Å². The van der Waals surface area contributed by atoms with Gasteiger partial charge in [-0.3, -0.25) is 9.59 Å². The van der Waals surface area contributed by atoms with E-state index in [1.54, 1.807) is 37.3 Å². The summed E-state index contributed by atoms with van der Waals surface area (Å²) in [6.45, 7) is 0.708. The summed E-state index contributed by atoms with van der Waals surface area (Å²) in [5.74, 6) is -0.410. The van der Waals surface area contributed by atoms with E-state index in [4.69, 9.17) is 9.47 Å². The van der Waals surface area contributed by atoms with Gasteiger partial charge in [-0.2, -0.15) is 0 Å². The van der Waals surface area contributed by atoms with Crippen molar-refractivity contribution in [3.05, 3.63) is 95.7 Å². The summed E-state index contributed by atoms with van der Waals surface area (Å²) in [7, 11) is 3.18. The molecule has 0 fully saturated rings. The maximum absolute atomic E-state index is 14.0. The molecule has 7 heteroatoms. The average molecular weight is 470 g/mol. The van der Waals surface area contributed by atoms with Crippen LogP contribution in [0.4, 0.5) is 5.69 Å². The molecule has 4 aromatic rings. The average Bonchev–Trinajstić information content (AvgIpc) is 3.32. The number of ether oxygens (including phenoxy) is 2. The number of nitrogens with one attached hydrogen (secondary N) is 2. The molecule has 0 radical (unpaired) electrons. The lowest BCUT2D eigenvalue weighted by Gasteiger charge is -2.41. The van der Waals surface area contributed by atoms with Crippen molar-refractivity contribution >= 4 is 28.4 Å². The Kier molecular flexibility index (Phi) is 6.25. The Balaban J connectivity index is 1.67. The Labute approximate surface area is 203 Å². The van der Waals surface area contributed by atoms with Crippen molar-refractivity contribution in [2.24, 2.45) is 0 Å². The van der Waals surface area contributed by atoms with E-state index < -0.39 is 12.0 Å². The number of amides is 2. The molecule has 1 aliphatic rings. The number of carbonyl (C=O) groups is 2. The molecule has 2 amide bonds. The minimum absolute atomic E-state index is 0.116. The van der Waals surface area contributed by atoms with E-state index >= 15 is 0 Å². The van der Waals surface area contributed by atoms with E-state index in [0.717, 1.165) is 16.5 Å². The van der Waals surface area contributed by atoms with Crippen LogP contribution in [0.3, 0.4) is 0 Å². The summed E-state index contributed by atoms with van der Waals surface area (Å²) in [6, 6.07) is 22.0. The van der Waals surface area contributed by atoms with Gasteiger partial charge in [0.15, 0.2) is 0 Å². The molecule has 0 spiro atoms. The van der Waals surface area contributed by atoms with Gasteiger partial charge in [0.2, 0.25) is 5.91 Å².